The van der Waals surface area contributed by atoms with Gasteiger partial charge in [0.2, 0.25) is 0 Å². The number of aliphatic hydroxyl groups excluding tert-OH is 1. The van der Waals surface area contributed by atoms with Crippen molar-refractivity contribution < 1.29 is 14.3 Å². The lowest BCUT2D eigenvalue weighted by molar-refractivity contribution is 0.172. The van der Waals surface area contributed by atoms with Crippen molar-refractivity contribution in [3.05, 3.63) is 71.5 Å². The SMILES string of the molecule is CC(CCc1ccccc1)NC(=O)NCC(O)c1ccc(F)cc1. The van der Waals surface area contributed by atoms with Crippen LogP contribution in [0.2, 0.25) is 0 Å². The van der Waals surface area contributed by atoms with Crippen LogP contribution >= 0.6 is 0 Å². The Morgan fingerprint density at radius 1 is 1.12 bits per heavy atom. The van der Waals surface area contributed by atoms with E-state index in [0.29, 0.717) is 5.56 Å². The molecule has 0 fully saturated rings. The molecule has 0 aliphatic carbocycles. The van der Waals surface area contributed by atoms with Gasteiger partial charge in [-0.05, 0) is 43.0 Å². The van der Waals surface area contributed by atoms with Gasteiger partial charge in [-0.25, -0.2) is 9.18 Å². The van der Waals surface area contributed by atoms with Crippen molar-refractivity contribution in [3.63, 3.8) is 0 Å². The molecule has 0 saturated carbocycles. The lowest BCUT2D eigenvalue weighted by Crippen LogP contribution is -2.42. The van der Waals surface area contributed by atoms with Gasteiger partial charge in [-0.2, -0.15) is 0 Å². The van der Waals surface area contributed by atoms with Crippen molar-refractivity contribution in [3.8, 4) is 0 Å². The van der Waals surface area contributed by atoms with Gasteiger partial charge in [-0.15, -0.1) is 0 Å². The van der Waals surface area contributed by atoms with E-state index in [4.69, 9.17) is 0 Å². The van der Waals surface area contributed by atoms with Gasteiger partial charge in [-0.3, -0.25) is 0 Å². The van der Waals surface area contributed by atoms with Gasteiger partial charge >= 0.3 is 6.03 Å². The third-order valence-electron chi connectivity index (χ3n) is 3.80. The normalized spacial score (nSPS) is 13.1. The van der Waals surface area contributed by atoms with Gasteiger partial charge in [0.15, 0.2) is 0 Å². The molecule has 2 atom stereocenters. The Morgan fingerprint density at radius 2 is 1.79 bits per heavy atom. The maximum atomic E-state index is 12.8. The Labute approximate surface area is 141 Å². The molecule has 3 N–H and O–H groups in total. The highest BCUT2D eigenvalue weighted by atomic mass is 19.1. The number of carbonyl (C=O) groups excluding carboxylic acids is 1. The Morgan fingerprint density at radius 3 is 2.46 bits per heavy atom. The molecule has 4 nitrogen and oxygen atoms in total. The van der Waals surface area contributed by atoms with E-state index >= 15 is 0 Å². The van der Waals surface area contributed by atoms with Crippen molar-refractivity contribution in [1.29, 1.82) is 0 Å². The number of carbonyl (C=O) groups is 1. The second kappa shape index (κ2) is 9.03. The molecule has 2 amide bonds. The lowest BCUT2D eigenvalue weighted by atomic mass is 10.1. The maximum Gasteiger partial charge on any atom is 0.315 e. The molecular weight excluding hydrogens is 307 g/mol. The first-order chi connectivity index (χ1) is 11.5. The topological polar surface area (TPSA) is 61.4 Å². The Kier molecular flexibility index (Phi) is 6.75. The molecule has 2 unspecified atom stereocenters. The average Bonchev–Trinajstić information content (AvgIpc) is 2.59. The first-order valence-electron chi connectivity index (χ1n) is 8.06. The molecule has 0 bridgehead atoms. The van der Waals surface area contributed by atoms with Crippen LogP contribution in [-0.4, -0.2) is 23.7 Å². The number of aryl methyl sites for hydroxylation is 1. The number of benzene rings is 2. The quantitative estimate of drug-likeness (QED) is 0.730. The van der Waals surface area contributed by atoms with E-state index in [2.05, 4.69) is 22.8 Å². The molecule has 0 aliphatic heterocycles. The number of halogens is 1. The van der Waals surface area contributed by atoms with E-state index in [1.807, 2.05) is 25.1 Å². The summed E-state index contributed by atoms with van der Waals surface area (Å²) in [6.45, 7) is 2.02. The summed E-state index contributed by atoms with van der Waals surface area (Å²) < 4.78 is 12.8. The van der Waals surface area contributed by atoms with E-state index in [0.717, 1.165) is 12.8 Å². The zero-order valence-corrected chi connectivity index (χ0v) is 13.7. The highest BCUT2D eigenvalue weighted by molar-refractivity contribution is 5.74. The Balaban J connectivity index is 1.69. The largest absolute Gasteiger partial charge is 0.387 e. The summed E-state index contributed by atoms with van der Waals surface area (Å²) in [5.41, 5.74) is 1.80. The number of nitrogens with one attached hydrogen (secondary N) is 2. The van der Waals surface area contributed by atoms with Crippen LogP contribution in [0.15, 0.2) is 54.6 Å². The summed E-state index contributed by atoms with van der Waals surface area (Å²) in [5, 5.41) is 15.5. The van der Waals surface area contributed by atoms with Crippen LogP contribution in [0.25, 0.3) is 0 Å². The number of amides is 2. The summed E-state index contributed by atoms with van der Waals surface area (Å²) >= 11 is 0. The first-order valence-corrected chi connectivity index (χ1v) is 8.06. The molecule has 24 heavy (non-hydrogen) atoms. The number of urea groups is 1. The predicted octanol–water partition coefficient (Wildman–Crippen LogP) is 3.18. The molecule has 0 radical (unpaired) electrons. The van der Waals surface area contributed by atoms with Gasteiger partial charge in [-0.1, -0.05) is 42.5 Å². The predicted molar refractivity (Wildman–Crippen MR) is 92.1 cm³/mol. The van der Waals surface area contributed by atoms with Crippen LogP contribution in [0.4, 0.5) is 9.18 Å². The minimum atomic E-state index is -0.865. The summed E-state index contributed by atoms with van der Waals surface area (Å²) in [7, 11) is 0. The third-order valence-corrected chi connectivity index (χ3v) is 3.80. The second-order valence-corrected chi connectivity index (χ2v) is 5.85. The van der Waals surface area contributed by atoms with E-state index in [-0.39, 0.29) is 24.4 Å². The van der Waals surface area contributed by atoms with Crippen LogP contribution in [0, 0.1) is 5.82 Å². The van der Waals surface area contributed by atoms with Crippen molar-refractivity contribution in [1.82, 2.24) is 10.6 Å². The first kappa shape index (κ1) is 17.9. The lowest BCUT2D eigenvalue weighted by Gasteiger charge is -2.16. The number of hydrogen-bond donors (Lipinski definition) is 3. The van der Waals surface area contributed by atoms with Gasteiger partial charge < -0.3 is 15.7 Å². The molecule has 2 rings (SSSR count). The fraction of sp³-hybridized carbons (Fsp3) is 0.316. The van der Waals surface area contributed by atoms with Crippen LogP contribution in [0.3, 0.4) is 0 Å². The van der Waals surface area contributed by atoms with Gasteiger partial charge in [0.1, 0.15) is 5.82 Å². The smallest absolute Gasteiger partial charge is 0.315 e. The molecule has 128 valence electrons. The van der Waals surface area contributed by atoms with Gasteiger partial charge in [0.05, 0.1) is 6.10 Å². The van der Waals surface area contributed by atoms with Gasteiger partial charge in [0, 0.05) is 12.6 Å². The van der Waals surface area contributed by atoms with Crippen molar-refractivity contribution in [2.45, 2.75) is 31.9 Å². The standard InChI is InChI=1S/C19H23FN2O2/c1-14(7-8-15-5-3-2-4-6-15)22-19(24)21-13-18(23)16-9-11-17(20)12-10-16/h2-6,9-12,14,18,23H,7-8,13H2,1H3,(H2,21,22,24). The molecule has 0 aromatic heterocycles. The zero-order chi connectivity index (χ0) is 17.4. The molecule has 0 aliphatic rings. The fourth-order valence-corrected chi connectivity index (χ4v) is 2.37. The average molecular weight is 330 g/mol. The molecule has 5 heteroatoms. The fourth-order valence-electron chi connectivity index (χ4n) is 2.37. The number of aliphatic hydroxyl groups is 1. The summed E-state index contributed by atoms with van der Waals surface area (Å²) in [5.74, 6) is -0.358. The second-order valence-electron chi connectivity index (χ2n) is 5.85. The van der Waals surface area contributed by atoms with E-state index in [1.54, 1.807) is 0 Å². The summed E-state index contributed by atoms with van der Waals surface area (Å²) in [6.07, 6.45) is 0.856. The minimum absolute atomic E-state index is 0.0215. The van der Waals surface area contributed by atoms with Crippen LogP contribution in [-0.2, 0) is 6.42 Å². The molecular formula is C19H23FN2O2. The van der Waals surface area contributed by atoms with Crippen molar-refractivity contribution in [2.75, 3.05) is 6.54 Å². The molecule has 0 saturated heterocycles. The maximum absolute atomic E-state index is 12.8. The molecule has 2 aromatic carbocycles. The Bertz CT molecular complexity index is 632. The van der Waals surface area contributed by atoms with E-state index in [1.165, 1.54) is 29.8 Å². The highest BCUT2D eigenvalue weighted by Crippen LogP contribution is 2.12. The van der Waals surface area contributed by atoms with Crippen LogP contribution < -0.4 is 10.6 Å². The summed E-state index contributed by atoms with van der Waals surface area (Å²) in [6, 6.07) is 15.4. The molecule has 0 spiro atoms. The van der Waals surface area contributed by atoms with Crippen molar-refractivity contribution >= 4 is 6.03 Å². The summed E-state index contributed by atoms with van der Waals surface area (Å²) in [4.78, 5) is 11.9. The molecule has 0 heterocycles. The third kappa shape index (κ3) is 6.01. The molecule has 2 aromatic rings. The highest BCUT2D eigenvalue weighted by Gasteiger charge is 2.11. The number of rotatable bonds is 7. The Hall–Kier alpha value is -2.40. The van der Waals surface area contributed by atoms with Crippen LogP contribution in [0.1, 0.15) is 30.6 Å². The van der Waals surface area contributed by atoms with E-state index in [9.17, 15) is 14.3 Å². The van der Waals surface area contributed by atoms with Gasteiger partial charge in [0.25, 0.3) is 0 Å². The monoisotopic (exact) mass is 330 g/mol. The van der Waals surface area contributed by atoms with Crippen LogP contribution in [0.5, 0.6) is 0 Å². The minimum Gasteiger partial charge on any atom is -0.387 e. The van der Waals surface area contributed by atoms with Crippen molar-refractivity contribution in [2.24, 2.45) is 0 Å². The van der Waals surface area contributed by atoms with E-state index < -0.39 is 6.10 Å². The number of hydrogen-bond acceptors (Lipinski definition) is 2. The zero-order valence-electron chi connectivity index (χ0n) is 13.7.